The molecule has 0 aliphatic carbocycles. The Labute approximate surface area is 77.7 Å². The lowest BCUT2D eigenvalue weighted by Gasteiger charge is -2.05. The average Bonchev–Trinajstić information content (AvgIpc) is 2.28. The number of nitrogens with zero attached hydrogens (tertiary/aromatic N) is 2. The summed E-state index contributed by atoms with van der Waals surface area (Å²) in [5.41, 5.74) is 0.403. The summed E-state index contributed by atoms with van der Waals surface area (Å²) >= 11 is 0. The van der Waals surface area contributed by atoms with Crippen LogP contribution in [0.1, 0.15) is 5.69 Å². The van der Waals surface area contributed by atoms with Gasteiger partial charge in [-0.3, -0.25) is 9.48 Å². The highest BCUT2D eigenvalue weighted by Crippen LogP contribution is 2.19. The molecular formula is C7H8F3N3O. The zero-order valence-corrected chi connectivity index (χ0v) is 7.51. The van der Waals surface area contributed by atoms with Gasteiger partial charge in [0.2, 0.25) is 0 Å². The van der Waals surface area contributed by atoms with Gasteiger partial charge in [-0.2, -0.15) is 18.3 Å². The van der Waals surface area contributed by atoms with Crippen LogP contribution in [0.4, 0.5) is 18.9 Å². The molecule has 0 aliphatic rings. The van der Waals surface area contributed by atoms with E-state index < -0.39 is 12.1 Å². The number of alkyl halides is 3. The average molecular weight is 207 g/mol. The van der Waals surface area contributed by atoms with Crippen LogP contribution in [0.2, 0.25) is 0 Å². The second-order valence-electron chi connectivity index (χ2n) is 2.75. The molecule has 1 aromatic rings. The lowest BCUT2D eigenvalue weighted by molar-refractivity contribution is -0.167. The van der Waals surface area contributed by atoms with Gasteiger partial charge in [-0.25, -0.2) is 0 Å². The Morgan fingerprint density at radius 1 is 1.57 bits per heavy atom. The monoisotopic (exact) mass is 207 g/mol. The largest absolute Gasteiger partial charge is 0.471 e. The zero-order chi connectivity index (χ0) is 10.9. The minimum absolute atomic E-state index is 0.0647. The summed E-state index contributed by atoms with van der Waals surface area (Å²) in [7, 11) is 1.55. The summed E-state index contributed by atoms with van der Waals surface area (Å²) in [6.07, 6.45) is -3.57. The van der Waals surface area contributed by atoms with Crippen molar-refractivity contribution < 1.29 is 18.0 Å². The molecule has 0 aromatic carbocycles. The smallest absolute Gasteiger partial charge is 0.315 e. The summed E-state index contributed by atoms with van der Waals surface area (Å²) in [5, 5.41) is 5.50. The van der Waals surface area contributed by atoms with Crippen molar-refractivity contribution in [3.05, 3.63) is 11.9 Å². The maximum Gasteiger partial charge on any atom is 0.471 e. The molecule has 4 nitrogen and oxygen atoms in total. The Kier molecular flexibility index (Phi) is 2.50. The van der Waals surface area contributed by atoms with Gasteiger partial charge in [0.15, 0.2) is 0 Å². The van der Waals surface area contributed by atoms with E-state index in [1.165, 1.54) is 17.8 Å². The first kappa shape index (κ1) is 10.6. The highest BCUT2D eigenvalue weighted by atomic mass is 19.4. The Morgan fingerprint density at radius 3 is 2.50 bits per heavy atom. The molecule has 1 heterocycles. The molecule has 0 fully saturated rings. The highest BCUT2D eigenvalue weighted by molar-refractivity contribution is 5.95. The third-order valence-electron chi connectivity index (χ3n) is 1.52. The lowest BCUT2D eigenvalue weighted by atomic mass is 10.4. The molecule has 0 saturated heterocycles. The van der Waals surface area contributed by atoms with Gasteiger partial charge >= 0.3 is 12.1 Å². The summed E-state index contributed by atoms with van der Waals surface area (Å²) in [4.78, 5) is 10.5. The van der Waals surface area contributed by atoms with Crippen LogP contribution in [0.15, 0.2) is 6.20 Å². The van der Waals surface area contributed by atoms with E-state index in [0.717, 1.165) is 0 Å². The molecule has 0 unspecified atom stereocenters. The molecule has 14 heavy (non-hydrogen) atoms. The van der Waals surface area contributed by atoms with Gasteiger partial charge < -0.3 is 5.32 Å². The molecule has 1 rings (SSSR count). The quantitative estimate of drug-likeness (QED) is 0.752. The van der Waals surface area contributed by atoms with Gasteiger partial charge in [0.25, 0.3) is 0 Å². The Hall–Kier alpha value is -1.53. The highest BCUT2D eigenvalue weighted by Gasteiger charge is 2.39. The van der Waals surface area contributed by atoms with Crippen molar-refractivity contribution in [3.63, 3.8) is 0 Å². The van der Waals surface area contributed by atoms with E-state index in [4.69, 9.17) is 0 Å². The fourth-order valence-corrected chi connectivity index (χ4v) is 0.915. The van der Waals surface area contributed by atoms with E-state index in [-0.39, 0.29) is 5.69 Å². The van der Waals surface area contributed by atoms with Gasteiger partial charge in [0, 0.05) is 13.2 Å². The molecular weight excluding hydrogens is 199 g/mol. The standard InChI is InChI=1S/C7H8F3N3O/c1-4-5(3-13(2)12-4)11-6(14)7(8,9)10/h3H,1-2H3,(H,11,14). The van der Waals surface area contributed by atoms with Crippen LogP contribution >= 0.6 is 0 Å². The molecule has 0 aliphatic heterocycles. The number of aromatic nitrogens is 2. The second kappa shape index (κ2) is 3.32. The summed E-state index contributed by atoms with van der Waals surface area (Å²) in [6, 6.07) is 0. The van der Waals surface area contributed by atoms with E-state index in [0.29, 0.717) is 5.69 Å². The summed E-state index contributed by atoms with van der Waals surface area (Å²) in [6.45, 7) is 1.51. The van der Waals surface area contributed by atoms with Gasteiger partial charge in [-0.15, -0.1) is 0 Å². The maximum absolute atomic E-state index is 11.8. The summed E-state index contributed by atoms with van der Waals surface area (Å²) in [5.74, 6) is -1.99. The fourth-order valence-electron chi connectivity index (χ4n) is 0.915. The third kappa shape index (κ3) is 2.24. The van der Waals surface area contributed by atoms with Crippen molar-refractivity contribution in [2.75, 3.05) is 5.32 Å². The summed E-state index contributed by atoms with van der Waals surface area (Å²) < 4.78 is 36.8. The van der Waals surface area contributed by atoms with Crippen LogP contribution in [-0.2, 0) is 11.8 Å². The second-order valence-corrected chi connectivity index (χ2v) is 2.75. The van der Waals surface area contributed by atoms with E-state index in [2.05, 4.69) is 5.10 Å². The molecule has 7 heteroatoms. The van der Waals surface area contributed by atoms with E-state index in [9.17, 15) is 18.0 Å². The molecule has 1 N–H and O–H groups in total. The number of carbonyl (C=O) groups is 1. The molecule has 1 amide bonds. The predicted octanol–water partition coefficient (Wildman–Crippen LogP) is 1.23. The number of carbonyl (C=O) groups excluding carboxylic acids is 1. The van der Waals surface area contributed by atoms with Gasteiger partial charge in [0.05, 0.1) is 11.4 Å². The molecule has 78 valence electrons. The number of hydrogen-bond acceptors (Lipinski definition) is 2. The fraction of sp³-hybridized carbons (Fsp3) is 0.429. The van der Waals surface area contributed by atoms with Crippen molar-refractivity contribution >= 4 is 11.6 Å². The maximum atomic E-state index is 11.8. The number of anilines is 1. The first-order valence-electron chi connectivity index (χ1n) is 3.69. The van der Waals surface area contributed by atoms with Crippen molar-refractivity contribution in [1.82, 2.24) is 9.78 Å². The van der Waals surface area contributed by atoms with Crippen molar-refractivity contribution in [2.45, 2.75) is 13.1 Å². The zero-order valence-electron chi connectivity index (χ0n) is 7.51. The molecule has 0 bridgehead atoms. The van der Waals surface area contributed by atoms with Crippen LogP contribution in [0, 0.1) is 6.92 Å². The SMILES string of the molecule is Cc1nn(C)cc1NC(=O)C(F)(F)F. The van der Waals surface area contributed by atoms with Crippen molar-refractivity contribution in [3.8, 4) is 0 Å². The van der Waals surface area contributed by atoms with Gasteiger partial charge in [-0.1, -0.05) is 0 Å². The molecule has 0 spiro atoms. The number of rotatable bonds is 1. The molecule has 0 saturated carbocycles. The number of hydrogen-bond donors (Lipinski definition) is 1. The minimum atomic E-state index is -4.87. The first-order chi connectivity index (χ1) is 6.30. The van der Waals surface area contributed by atoms with Gasteiger partial charge in [0.1, 0.15) is 0 Å². The topological polar surface area (TPSA) is 46.9 Å². The Balaban J connectivity index is 2.80. The number of aryl methyl sites for hydroxylation is 2. The normalized spacial score (nSPS) is 11.5. The van der Waals surface area contributed by atoms with Crippen LogP contribution in [0.5, 0.6) is 0 Å². The minimum Gasteiger partial charge on any atom is -0.315 e. The first-order valence-corrected chi connectivity index (χ1v) is 3.69. The van der Waals surface area contributed by atoms with Crippen LogP contribution in [0.3, 0.4) is 0 Å². The predicted molar refractivity (Wildman–Crippen MR) is 42.6 cm³/mol. The van der Waals surface area contributed by atoms with E-state index in [1.807, 2.05) is 0 Å². The van der Waals surface area contributed by atoms with Crippen LogP contribution < -0.4 is 5.32 Å². The van der Waals surface area contributed by atoms with E-state index in [1.54, 1.807) is 12.4 Å². The molecule has 0 radical (unpaired) electrons. The lowest BCUT2D eigenvalue weighted by Crippen LogP contribution is -2.30. The molecule has 0 atom stereocenters. The molecule has 1 aromatic heterocycles. The van der Waals surface area contributed by atoms with Crippen LogP contribution in [0.25, 0.3) is 0 Å². The van der Waals surface area contributed by atoms with Crippen molar-refractivity contribution in [2.24, 2.45) is 7.05 Å². The number of nitrogens with one attached hydrogen (secondary N) is 1. The number of amides is 1. The Morgan fingerprint density at radius 2 is 2.14 bits per heavy atom. The van der Waals surface area contributed by atoms with E-state index >= 15 is 0 Å². The van der Waals surface area contributed by atoms with Crippen LogP contribution in [-0.4, -0.2) is 21.9 Å². The number of halogens is 3. The Bertz CT molecular complexity index is 356. The van der Waals surface area contributed by atoms with Crippen molar-refractivity contribution in [1.29, 1.82) is 0 Å². The van der Waals surface area contributed by atoms with Gasteiger partial charge in [-0.05, 0) is 6.92 Å². The third-order valence-corrected chi connectivity index (χ3v) is 1.52.